The van der Waals surface area contributed by atoms with Gasteiger partial charge in [-0.15, -0.1) is 0 Å². The summed E-state index contributed by atoms with van der Waals surface area (Å²) in [5.74, 6) is 2.07. The van der Waals surface area contributed by atoms with Gasteiger partial charge in [0.25, 0.3) is 0 Å². The van der Waals surface area contributed by atoms with Gasteiger partial charge in [0.05, 0.1) is 35.1 Å². The van der Waals surface area contributed by atoms with Crippen molar-refractivity contribution < 1.29 is 14.9 Å². The molecule has 0 amide bonds. The van der Waals surface area contributed by atoms with Gasteiger partial charge in [-0.3, -0.25) is 5.41 Å². The molecule has 0 aliphatic rings. The van der Waals surface area contributed by atoms with E-state index < -0.39 is 6.10 Å². The molecule has 4 aromatic rings. The minimum atomic E-state index is -0.915. The van der Waals surface area contributed by atoms with Gasteiger partial charge in [0.15, 0.2) is 0 Å². The number of hydrogen-bond acceptors (Lipinski definition) is 6. The fourth-order valence-corrected chi connectivity index (χ4v) is 2.93. The molecule has 0 saturated heterocycles. The Morgan fingerprint density at radius 2 is 1.71 bits per heavy atom. The number of fused-ring (bicyclic) bond motifs is 2. The van der Waals surface area contributed by atoms with Crippen LogP contribution < -0.4 is 10.5 Å². The number of aromatic amines is 2. The van der Waals surface area contributed by atoms with Crippen molar-refractivity contribution in [2.24, 2.45) is 5.73 Å². The van der Waals surface area contributed by atoms with Gasteiger partial charge in [-0.1, -0.05) is 0 Å². The Labute approximate surface area is 159 Å². The molecule has 0 spiro atoms. The summed E-state index contributed by atoms with van der Waals surface area (Å²) >= 11 is 0. The summed E-state index contributed by atoms with van der Waals surface area (Å²) in [5.41, 5.74) is 9.38. The monoisotopic (exact) mass is 380 g/mol. The third-order valence-electron chi connectivity index (χ3n) is 4.33. The summed E-state index contributed by atoms with van der Waals surface area (Å²) in [7, 11) is 0. The molecule has 1 atom stereocenters. The summed E-state index contributed by atoms with van der Waals surface area (Å²) in [4.78, 5) is 15.6. The largest absolute Gasteiger partial charge is 0.491 e. The highest BCUT2D eigenvalue weighted by molar-refractivity contribution is 5.97. The van der Waals surface area contributed by atoms with Crippen molar-refractivity contribution in [2.45, 2.75) is 12.5 Å². The maximum atomic E-state index is 9.38. The number of amidine groups is 1. The SMILES string of the molecule is N=C(N)c1ccc2[nH]c(Cc3nc4cc(OCC(O)CO)ccc4[nH]3)nc2c1. The first-order valence-electron chi connectivity index (χ1n) is 8.75. The van der Waals surface area contributed by atoms with Gasteiger partial charge < -0.3 is 30.7 Å². The van der Waals surface area contributed by atoms with Crippen LogP contribution in [0.4, 0.5) is 0 Å². The van der Waals surface area contributed by atoms with E-state index in [0.717, 1.165) is 33.7 Å². The lowest BCUT2D eigenvalue weighted by Crippen LogP contribution is -2.21. The molecule has 0 fully saturated rings. The van der Waals surface area contributed by atoms with Crippen molar-refractivity contribution in [1.29, 1.82) is 5.41 Å². The van der Waals surface area contributed by atoms with Crippen LogP contribution in [0.25, 0.3) is 22.1 Å². The normalized spacial score (nSPS) is 12.5. The maximum Gasteiger partial charge on any atom is 0.122 e. The predicted molar refractivity (Wildman–Crippen MR) is 105 cm³/mol. The quantitative estimate of drug-likeness (QED) is 0.208. The highest BCUT2D eigenvalue weighted by Gasteiger charge is 2.10. The lowest BCUT2D eigenvalue weighted by molar-refractivity contribution is 0.0536. The molecule has 0 aliphatic heterocycles. The second-order valence-corrected chi connectivity index (χ2v) is 6.52. The number of H-pyrrole nitrogens is 2. The van der Waals surface area contributed by atoms with E-state index in [1.54, 1.807) is 24.3 Å². The third kappa shape index (κ3) is 3.66. The number of benzene rings is 2. The lowest BCUT2D eigenvalue weighted by Gasteiger charge is -2.09. The molecule has 2 aromatic heterocycles. The Morgan fingerprint density at radius 1 is 1.07 bits per heavy atom. The van der Waals surface area contributed by atoms with E-state index >= 15 is 0 Å². The highest BCUT2D eigenvalue weighted by atomic mass is 16.5. The van der Waals surface area contributed by atoms with Crippen LogP contribution in [0.3, 0.4) is 0 Å². The molecule has 9 nitrogen and oxygen atoms in total. The summed E-state index contributed by atoms with van der Waals surface area (Å²) in [6, 6.07) is 10.8. The van der Waals surface area contributed by atoms with Crippen molar-refractivity contribution in [3.05, 3.63) is 53.6 Å². The van der Waals surface area contributed by atoms with Crippen molar-refractivity contribution in [2.75, 3.05) is 13.2 Å². The molecule has 28 heavy (non-hydrogen) atoms. The minimum Gasteiger partial charge on any atom is -0.491 e. The van der Waals surface area contributed by atoms with E-state index in [1.165, 1.54) is 0 Å². The Bertz CT molecular complexity index is 1150. The van der Waals surface area contributed by atoms with Gasteiger partial charge in [-0.25, -0.2) is 9.97 Å². The van der Waals surface area contributed by atoms with Gasteiger partial charge in [-0.2, -0.15) is 0 Å². The Balaban J connectivity index is 1.54. The van der Waals surface area contributed by atoms with E-state index in [4.69, 9.17) is 21.0 Å². The molecule has 1 unspecified atom stereocenters. The number of aliphatic hydroxyl groups excluding tert-OH is 2. The second kappa shape index (κ2) is 7.29. The number of aromatic nitrogens is 4. The molecule has 7 N–H and O–H groups in total. The number of aliphatic hydroxyl groups is 2. The first-order valence-corrected chi connectivity index (χ1v) is 8.75. The van der Waals surface area contributed by atoms with Gasteiger partial charge >= 0.3 is 0 Å². The molecule has 4 rings (SSSR count). The van der Waals surface area contributed by atoms with Crippen LogP contribution in [-0.2, 0) is 6.42 Å². The summed E-state index contributed by atoms with van der Waals surface area (Å²) < 4.78 is 5.45. The van der Waals surface area contributed by atoms with E-state index in [0.29, 0.717) is 17.7 Å². The highest BCUT2D eigenvalue weighted by Crippen LogP contribution is 2.21. The van der Waals surface area contributed by atoms with Gasteiger partial charge in [0.1, 0.15) is 35.9 Å². The number of imidazole rings is 2. The van der Waals surface area contributed by atoms with Gasteiger partial charge in [0.2, 0.25) is 0 Å². The molecule has 2 aromatic carbocycles. The first kappa shape index (κ1) is 18.0. The summed E-state index contributed by atoms with van der Waals surface area (Å²) in [6.07, 6.45) is -0.430. The fraction of sp³-hybridized carbons (Fsp3) is 0.211. The summed E-state index contributed by atoms with van der Waals surface area (Å²) in [6.45, 7) is -0.333. The number of nitrogens with zero attached hydrogens (tertiary/aromatic N) is 2. The lowest BCUT2D eigenvalue weighted by atomic mass is 10.2. The average molecular weight is 380 g/mol. The zero-order valence-corrected chi connectivity index (χ0v) is 14.9. The number of nitrogen functional groups attached to an aromatic ring is 1. The van der Waals surface area contributed by atoms with Crippen LogP contribution in [-0.4, -0.2) is 55.3 Å². The number of hydrogen-bond donors (Lipinski definition) is 6. The Hall–Kier alpha value is -3.43. The second-order valence-electron chi connectivity index (χ2n) is 6.52. The van der Waals surface area contributed by atoms with E-state index in [9.17, 15) is 5.11 Å². The molecular formula is C19H20N6O3. The molecular weight excluding hydrogens is 360 g/mol. The molecule has 144 valence electrons. The van der Waals surface area contributed by atoms with Crippen LogP contribution >= 0.6 is 0 Å². The van der Waals surface area contributed by atoms with Crippen LogP contribution in [0, 0.1) is 5.41 Å². The summed E-state index contributed by atoms with van der Waals surface area (Å²) in [5, 5.41) is 25.8. The van der Waals surface area contributed by atoms with Crippen LogP contribution in [0.1, 0.15) is 17.2 Å². The zero-order chi connectivity index (χ0) is 19.7. The molecule has 0 aliphatic carbocycles. The number of ether oxygens (including phenoxy) is 1. The average Bonchev–Trinajstić information content (AvgIpc) is 3.27. The number of nitrogens with two attached hydrogens (primary N) is 1. The Kier molecular flexibility index (Phi) is 4.68. The minimum absolute atomic E-state index is 0.00765. The number of rotatable bonds is 7. The molecule has 0 bridgehead atoms. The van der Waals surface area contributed by atoms with E-state index in [-0.39, 0.29) is 19.0 Å². The van der Waals surface area contributed by atoms with Crippen LogP contribution in [0.15, 0.2) is 36.4 Å². The molecule has 9 heteroatoms. The number of nitrogens with one attached hydrogen (secondary N) is 3. The first-order chi connectivity index (χ1) is 13.5. The zero-order valence-electron chi connectivity index (χ0n) is 14.9. The van der Waals surface area contributed by atoms with Gasteiger partial charge in [0, 0.05) is 11.6 Å². The van der Waals surface area contributed by atoms with Crippen LogP contribution in [0.5, 0.6) is 5.75 Å². The van der Waals surface area contributed by atoms with Crippen molar-refractivity contribution in [3.8, 4) is 5.75 Å². The van der Waals surface area contributed by atoms with E-state index in [1.807, 2.05) is 12.1 Å². The van der Waals surface area contributed by atoms with Crippen molar-refractivity contribution >= 4 is 27.9 Å². The predicted octanol–water partition coefficient (Wildman–Crippen LogP) is 1.05. The standard InChI is InChI=1S/C19H20N6O3/c20-19(21)10-1-3-13-15(5-10)24-17(22-13)7-18-23-14-4-2-12(6-16(14)25-18)28-9-11(27)8-26/h1-6,11,26-27H,7-9H2,(H3,20,21)(H,22,24)(H,23,25). The Morgan fingerprint density at radius 3 is 2.36 bits per heavy atom. The van der Waals surface area contributed by atoms with Crippen molar-refractivity contribution in [3.63, 3.8) is 0 Å². The molecule has 2 heterocycles. The maximum absolute atomic E-state index is 9.38. The smallest absolute Gasteiger partial charge is 0.122 e. The third-order valence-corrected chi connectivity index (χ3v) is 4.33. The molecule has 0 saturated carbocycles. The topological polar surface area (TPSA) is 157 Å². The fourth-order valence-electron chi connectivity index (χ4n) is 2.93. The van der Waals surface area contributed by atoms with Crippen molar-refractivity contribution in [1.82, 2.24) is 19.9 Å². The van der Waals surface area contributed by atoms with Gasteiger partial charge in [-0.05, 0) is 30.3 Å². The molecule has 0 radical (unpaired) electrons. The van der Waals surface area contributed by atoms with E-state index in [2.05, 4.69) is 19.9 Å². The van der Waals surface area contributed by atoms with Crippen LogP contribution in [0.2, 0.25) is 0 Å².